The number of carboxylic acid groups (broad SMARTS) is 1. The number of aromatic nitrogens is 3. The standard InChI is InChI=1S/C15H10ClN3O2/c16-13-4-2-1-3-11(13)14-12(15(20)21)9-19(18-14)10-5-7-17-8-6-10/h1-9H,(H,20,21). The first-order valence-corrected chi connectivity index (χ1v) is 6.53. The molecular weight excluding hydrogens is 290 g/mol. The summed E-state index contributed by atoms with van der Waals surface area (Å²) < 4.78 is 1.50. The first-order valence-electron chi connectivity index (χ1n) is 6.15. The van der Waals surface area contributed by atoms with Crippen molar-refractivity contribution in [2.24, 2.45) is 0 Å². The molecule has 1 N–H and O–H groups in total. The summed E-state index contributed by atoms with van der Waals surface area (Å²) in [6.07, 6.45) is 4.70. The Morgan fingerprint density at radius 3 is 2.52 bits per heavy atom. The van der Waals surface area contributed by atoms with Crippen LogP contribution < -0.4 is 0 Å². The summed E-state index contributed by atoms with van der Waals surface area (Å²) in [6, 6.07) is 10.5. The van der Waals surface area contributed by atoms with Gasteiger partial charge in [0.05, 0.1) is 10.7 Å². The van der Waals surface area contributed by atoms with Crippen LogP contribution in [0.1, 0.15) is 10.4 Å². The Morgan fingerprint density at radius 2 is 1.86 bits per heavy atom. The van der Waals surface area contributed by atoms with Gasteiger partial charge in [-0.2, -0.15) is 5.10 Å². The van der Waals surface area contributed by atoms with E-state index < -0.39 is 5.97 Å². The fourth-order valence-electron chi connectivity index (χ4n) is 2.01. The zero-order chi connectivity index (χ0) is 14.8. The molecule has 0 bridgehead atoms. The number of aromatic carboxylic acids is 1. The van der Waals surface area contributed by atoms with Crippen LogP contribution in [-0.2, 0) is 0 Å². The van der Waals surface area contributed by atoms with E-state index in [9.17, 15) is 9.90 Å². The number of rotatable bonds is 3. The third-order valence-electron chi connectivity index (χ3n) is 3.00. The molecule has 104 valence electrons. The van der Waals surface area contributed by atoms with Crippen LogP contribution in [0.25, 0.3) is 16.9 Å². The van der Waals surface area contributed by atoms with E-state index in [1.807, 2.05) is 0 Å². The van der Waals surface area contributed by atoms with Gasteiger partial charge in [-0.05, 0) is 18.2 Å². The highest BCUT2D eigenvalue weighted by atomic mass is 35.5. The highest BCUT2D eigenvalue weighted by Gasteiger charge is 2.19. The molecular formula is C15H10ClN3O2. The lowest BCUT2D eigenvalue weighted by Gasteiger charge is -2.02. The molecule has 0 aliphatic carbocycles. The van der Waals surface area contributed by atoms with Gasteiger partial charge in [0.1, 0.15) is 11.3 Å². The molecule has 0 fully saturated rings. The van der Waals surface area contributed by atoms with Gasteiger partial charge < -0.3 is 5.11 Å². The van der Waals surface area contributed by atoms with Gasteiger partial charge in [-0.3, -0.25) is 4.98 Å². The van der Waals surface area contributed by atoms with Crippen molar-refractivity contribution >= 4 is 17.6 Å². The minimum absolute atomic E-state index is 0.0971. The number of halogens is 1. The fraction of sp³-hybridized carbons (Fsp3) is 0. The Bertz CT molecular complexity index is 800. The van der Waals surface area contributed by atoms with Gasteiger partial charge in [-0.1, -0.05) is 29.8 Å². The SMILES string of the molecule is O=C(O)c1cn(-c2ccncc2)nc1-c1ccccc1Cl. The molecule has 0 aliphatic heterocycles. The smallest absolute Gasteiger partial charge is 0.339 e. The molecule has 0 saturated carbocycles. The maximum atomic E-state index is 11.4. The number of pyridine rings is 1. The summed E-state index contributed by atoms with van der Waals surface area (Å²) >= 11 is 6.14. The van der Waals surface area contributed by atoms with Gasteiger partial charge in [-0.15, -0.1) is 0 Å². The molecule has 0 radical (unpaired) electrons. The number of hydrogen-bond acceptors (Lipinski definition) is 3. The number of carbonyl (C=O) groups is 1. The number of hydrogen-bond donors (Lipinski definition) is 1. The van der Waals surface area contributed by atoms with Crippen molar-refractivity contribution in [1.82, 2.24) is 14.8 Å². The van der Waals surface area contributed by atoms with Crippen LogP contribution in [0.2, 0.25) is 5.02 Å². The average Bonchev–Trinajstić information content (AvgIpc) is 2.94. The summed E-state index contributed by atoms with van der Waals surface area (Å²) in [6.45, 7) is 0. The van der Waals surface area contributed by atoms with E-state index in [4.69, 9.17) is 11.6 Å². The molecule has 3 aromatic rings. The minimum atomic E-state index is -1.05. The van der Waals surface area contributed by atoms with Crippen molar-refractivity contribution in [3.05, 3.63) is 65.6 Å². The quantitative estimate of drug-likeness (QED) is 0.806. The van der Waals surface area contributed by atoms with Crippen molar-refractivity contribution in [3.8, 4) is 16.9 Å². The van der Waals surface area contributed by atoms with Crippen molar-refractivity contribution in [1.29, 1.82) is 0 Å². The van der Waals surface area contributed by atoms with Crippen LogP contribution in [0.3, 0.4) is 0 Å². The molecule has 0 spiro atoms. The molecule has 2 heterocycles. The molecule has 21 heavy (non-hydrogen) atoms. The van der Waals surface area contributed by atoms with E-state index in [1.54, 1.807) is 48.8 Å². The highest BCUT2D eigenvalue weighted by Crippen LogP contribution is 2.29. The van der Waals surface area contributed by atoms with Gasteiger partial charge >= 0.3 is 5.97 Å². The zero-order valence-corrected chi connectivity index (χ0v) is 11.5. The van der Waals surface area contributed by atoms with E-state index in [1.165, 1.54) is 10.9 Å². The van der Waals surface area contributed by atoms with Gasteiger partial charge in [-0.25, -0.2) is 9.48 Å². The summed E-state index contributed by atoms with van der Waals surface area (Å²) in [5.74, 6) is -1.05. The number of carboxylic acids is 1. The second-order valence-electron chi connectivity index (χ2n) is 4.33. The van der Waals surface area contributed by atoms with E-state index in [-0.39, 0.29) is 5.56 Å². The second kappa shape index (κ2) is 5.38. The highest BCUT2D eigenvalue weighted by molar-refractivity contribution is 6.33. The average molecular weight is 300 g/mol. The fourth-order valence-corrected chi connectivity index (χ4v) is 2.24. The van der Waals surface area contributed by atoms with E-state index >= 15 is 0 Å². The predicted octanol–water partition coefficient (Wildman–Crippen LogP) is 3.29. The molecule has 2 aromatic heterocycles. The summed E-state index contributed by atoms with van der Waals surface area (Å²) in [4.78, 5) is 15.4. The molecule has 3 rings (SSSR count). The Labute approximate surface area is 125 Å². The number of nitrogens with zero attached hydrogens (tertiary/aromatic N) is 3. The maximum Gasteiger partial charge on any atom is 0.339 e. The summed E-state index contributed by atoms with van der Waals surface area (Å²) in [5, 5.41) is 14.2. The van der Waals surface area contributed by atoms with Crippen LogP contribution in [0, 0.1) is 0 Å². The van der Waals surface area contributed by atoms with Crippen LogP contribution >= 0.6 is 11.6 Å². The Hall–Kier alpha value is -2.66. The first-order chi connectivity index (χ1) is 10.2. The normalized spacial score (nSPS) is 10.5. The van der Waals surface area contributed by atoms with Gasteiger partial charge in [0.2, 0.25) is 0 Å². The van der Waals surface area contributed by atoms with Crippen LogP contribution in [0.15, 0.2) is 55.0 Å². The van der Waals surface area contributed by atoms with Crippen molar-refractivity contribution in [2.45, 2.75) is 0 Å². The number of benzene rings is 1. The third kappa shape index (κ3) is 2.51. The Morgan fingerprint density at radius 1 is 1.14 bits per heavy atom. The molecule has 0 amide bonds. The van der Waals surface area contributed by atoms with Crippen molar-refractivity contribution in [3.63, 3.8) is 0 Å². The van der Waals surface area contributed by atoms with E-state index in [0.29, 0.717) is 16.3 Å². The second-order valence-corrected chi connectivity index (χ2v) is 4.73. The molecule has 0 unspecified atom stereocenters. The van der Waals surface area contributed by atoms with Crippen LogP contribution in [-0.4, -0.2) is 25.8 Å². The lowest BCUT2D eigenvalue weighted by molar-refractivity contribution is 0.0697. The maximum absolute atomic E-state index is 11.4. The Balaban J connectivity index is 2.19. The van der Waals surface area contributed by atoms with E-state index in [2.05, 4.69) is 10.1 Å². The zero-order valence-electron chi connectivity index (χ0n) is 10.8. The minimum Gasteiger partial charge on any atom is -0.478 e. The summed E-state index contributed by atoms with van der Waals surface area (Å²) in [7, 11) is 0. The van der Waals surface area contributed by atoms with Gasteiger partial charge in [0, 0.05) is 24.2 Å². The molecule has 0 aliphatic rings. The lowest BCUT2D eigenvalue weighted by Crippen LogP contribution is -1.96. The molecule has 1 aromatic carbocycles. The Kier molecular flexibility index (Phi) is 3.41. The first kappa shape index (κ1) is 13.3. The summed E-state index contributed by atoms with van der Waals surface area (Å²) in [5.41, 5.74) is 1.75. The lowest BCUT2D eigenvalue weighted by atomic mass is 10.1. The predicted molar refractivity (Wildman–Crippen MR) is 78.8 cm³/mol. The largest absolute Gasteiger partial charge is 0.478 e. The molecule has 0 saturated heterocycles. The molecule has 6 heteroatoms. The van der Waals surface area contributed by atoms with Crippen LogP contribution in [0.4, 0.5) is 0 Å². The van der Waals surface area contributed by atoms with Gasteiger partial charge in [0.25, 0.3) is 0 Å². The topological polar surface area (TPSA) is 68.0 Å². The monoisotopic (exact) mass is 299 g/mol. The third-order valence-corrected chi connectivity index (χ3v) is 3.33. The molecule has 5 nitrogen and oxygen atoms in total. The van der Waals surface area contributed by atoms with Crippen molar-refractivity contribution in [2.75, 3.05) is 0 Å². The van der Waals surface area contributed by atoms with E-state index in [0.717, 1.165) is 5.69 Å². The van der Waals surface area contributed by atoms with Crippen molar-refractivity contribution < 1.29 is 9.90 Å². The van der Waals surface area contributed by atoms with Crippen LogP contribution in [0.5, 0.6) is 0 Å². The molecule has 0 atom stereocenters. The van der Waals surface area contributed by atoms with Gasteiger partial charge in [0.15, 0.2) is 0 Å².